The maximum atomic E-state index is 13.7. The largest absolute Gasteiger partial charge is 0.465 e. The molecule has 0 bridgehead atoms. The number of halogens is 2. The van der Waals surface area contributed by atoms with Gasteiger partial charge < -0.3 is 4.74 Å². The molecular weight excluding hydrogens is 255 g/mol. The molecule has 0 unspecified atom stereocenters. The summed E-state index contributed by atoms with van der Waals surface area (Å²) >= 11 is 5.69. The molecule has 92 valence electrons. The molecule has 2 aromatic carbocycles. The van der Waals surface area contributed by atoms with Gasteiger partial charge in [-0.1, -0.05) is 23.7 Å². The molecule has 0 aliphatic rings. The SMILES string of the molecule is COC(=O)c1ccc(-c2ccc(Cl)cc2F)cc1. The zero-order chi connectivity index (χ0) is 13.1. The Kier molecular flexibility index (Phi) is 3.63. The van der Waals surface area contributed by atoms with Crippen LogP contribution in [0.5, 0.6) is 0 Å². The van der Waals surface area contributed by atoms with Crippen LogP contribution in [0.3, 0.4) is 0 Å². The fourth-order valence-electron chi connectivity index (χ4n) is 1.63. The molecule has 0 atom stereocenters. The van der Waals surface area contributed by atoms with Crippen LogP contribution in [0.1, 0.15) is 10.4 Å². The van der Waals surface area contributed by atoms with Crippen LogP contribution in [0.2, 0.25) is 5.02 Å². The molecule has 0 aromatic heterocycles. The molecule has 0 aliphatic heterocycles. The Morgan fingerprint density at radius 3 is 2.39 bits per heavy atom. The minimum absolute atomic E-state index is 0.349. The van der Waals surface area contributed by atoms with Crippen LogP contribution in [-0.4, -0.2) is 13.1 Å². The molecule has 0 heterocycles. The molecule has 0 amide bonds. The second kappa shape index (κ2) is 5.19. The fraction of sp³-hybridized carbons (Fsp3) is 0.0714. The van der Waals surface area contributed by atoms with Crippen LogP contribution in [0.25, 0.3) is 11.1 Å². The summed E-state index contributed by atoms with van der Waals surface area (Å²) < 4.78 is 18.3. The van der Waals surface area contributed by atoms with Crippen LogP contribution in [0.4, 0.5) is 4.39 Å². The highest BCUT2D eigenvalue weighted by Gasteiger charge is 2.08. The van der Waals surface area contributed by atoms with Crippen LogP contribution < -0.4 is 0 Å². The molecule has 0 aliphatic carbocycles. The average Bonchev–Trinajstić information content (AvgIpc) is 2.38. The maximum absolute atomic E-state index is 13.7. The number of esters is 1. The third-order valence-electron chi connectivity index (χ3n) is 2.55. The van der Waals surface area contributed by atoms with E-state index in [0.29, 0.717) is 21.7 Å². The lowest BCUT2D eigenvalue weighted by atomic mass is 10.0. The van der Waals surface area contributed by atoms with Crippen molar-refractivity contribution in [2.24, 2.45) is 0 Å². The van der Waals surface area contributed by atoms with Gasteiger partial charge in [-0.05, 0) is 35.9 Å². The van der Waals surface area contributed by atoms with Crippen molar-refractivity contribution in [3.05, 3.63) is 58.9 Å². The number of ether oxygens (including phenoxy) is 1. The van der Waals surface area contributed by atoms with Crippen LogP contribution >= 0.6 is 11.6 Å². The summed E-state index contributed by atoms with van der Waals surface area (Å²) in [5.74, 6) is -0.813. The van der Waals surface area contributed by atoms with Gasteiger partial charge in [-0.15, -0.1) is 0 Å². The van der Waals surface area contributed by atoms with E-state index in [0.717, 1.165) is 0 Å². The summed E-state index contributed by atoms with van der Waals surface area (Å²) in [4.78, 5) is 11.3. The lowest BCUT2D eigenvalue weighted by Gasteiger charge is -2.05. The maximum Gasteiger partial charge on any atom is 0.337 e. The molecule has 0 saturated heterocycles. The van der Waals surface area contributed by atoms with Crippen molar-refractivity contribution in [3.63, 3.8) is 0 Å². The third kappa shape index (κ3) is 2.51. The number of hydrogen-bond donors (Lipinski definition) is 0. The molecule has 2 rings (SSSR count). The van der Waals surface area contributed by atoms with Gasteiger partial charge in [0.1, 0.15) is 5.82 Å². The minimum Gasteiger partial charge on any atom is -0.465 e. The highest BCUT2D eigenvalue weighted by Crippen LogP contribution is 2.25. The first-order valence-corrected chi connectivity index (χ1v) is 5.63. The van der Waals surface area contributed by atoms with Crippen molar-refractivity contribution in [1.82, 2.24) is 0 Å². The third-order valence-corrected chi connectivity index (χ3v) is 2.78. The quantitative estimate of drug-likeness (QED) is 0.768. The molecule has 2 nitrogen and oxygen atoms in total. The minimum atomic E-state index is -0.418. The predicted octanol–water partition coefficient (Wildman–Crippen LogP) is 3.93. The van der Waals surface area contributed by atoms with Gasteiger partial charge >= 0.3 is 5.97 Å². The lowest BCUT2D eigenvalue weighted by Crippen LogP contribution is -2.00. The molecule has 0 spiro atoms. The van der Waals surface area contributed by atoms with Crippen molar-refractivity contribution >= 4 is 17.6 Å². The Morgan fingerprint density at radius 1 is 1.17 bits per heavy atom. The van der Waals surface area contributed by atoms with Gasteiger partial charge in [0.15, 0.2) is 0 Å². The lowest BCUT2D eigenvalue weighted by molar-refractivity contribution is 0.0601. The van der Waals surface area contributed by atoms with Gasteiger partial charge in [-0.25, -0.2) is 9.18 Å². The van der Waals surface area contributed by atoms with Gasteiger partial charge in [0.2, 0.25) is 0 Å². The fourth-order valence-corrected chi connectivity index (χ4v) is 1.79. The van der Waals surface area contributed by atoms with Crippen LogP contribution in [0.15, 0.2) is 42.5 Å². The number of hydrogen-bond acceptors (Lipinski definition) is 2. The van der Waals surface area contributed by atoms with E-state index in [2.05, 4.69) is 4.74 Å². The Hall–Kier alpha value is -1.87. The number of rotatable bonds is 2. The van der Waals surface area contributed by atoms with E-state index in [1.54, 1.807) is 36.4 Å². The Morgan fingerprint density at radius 2 is 1.83 bits per heavy atom. The number of carbonyl (C=O) groups excluding carboxylic acids is 1. The van der Waals surface area contributed by atoms with E-state index in [-0.39, 0.29) is 0 Å². The molecule has 0 saturated carbocycles. The summed E-state index contributed by atoms with van der Waals surface area (Å²) in [5, 5.41) is 0.349. The van der Waals surface area contributed by atoms with Crippen molar-refractivity contribution in [2.45, 2.75) is 0 Å². The van der Waals surface area contributed by atoms with Crippen LogP contribution in [0, 0.1) is 5.82 Å². The van der Waals surface area contributed by atoms with Gasteiger partial charge in [-0.3, -0.25) is 0 Å². The predicted molar refractivity (Wildman–Crippen MR) is 68.2 cm³/mol. The second-order valence-electron chi connectivity index (χ2n) is 3.69. The summed E-state index contributed by atoms with van der Waals surface area (Å²) in [6, 6.07) is 11.0. The second-order valence-corrected chi connectivity index (χ2v) is 4.13. The zero-order valence-electron chi connectivity index (χ0n) is 9.61. The van der Waals surface area contributed by atoms with Gasteiger partial charge in [-0.2, -0.15) is 0 Å². The topological polar surface area (TPSA) is 26.3 Å². The van der Waals surface area contributed by atoms with E-state index < -0.39 is 11.8 Å². The van der Waals surface area contributed by atoms with Crippen molar-refractivity contribution in [2.75, 3.05) is 7.11 Å². The van der Waals surface area contributed by atoms with Crippen molar-refractivity contribution in [3.8, 4) is 11.1 Å². The van der Waals surface area contributed by atoms with Gasteiger partial charge in [0, 0.05) is 10.6 Å². The highest BCUT2D eigenvalue weighted by molar-refractivity contribution is 6.30. The van der Waals surface area contributed by atoms with E-state index in [9.17, 15) is 9.18 Å². The van der Waals surface area contributed by atoms with E-state index >= 15 is 0 Å². The Balaban J connectivity index is 2.37. The first kappa shape index (κ1) is 12.6. The number of benzene rings is 2. The van der Waals surface area contributed by atoms with Crippen LogP contribution in [-0.2, 0) is 4.74 Å². The monoisotopic (exact) mass is 264 g/mol. The zero-order valence-corrected chi connectivity index (χ0v) is 10.4. The molecule has 0 N–H and O–H groups in total. The normalized spacial score (nSPS) is 10.2. The smallest absolute Gasteiger partial charge is 0.337 e. The summed E-state index contributed by atoms with van der Waals surface area (Å²) in [6.07, 6.45) is 0. The van der Waals surface area contributed by atoms with Gasteiger partial charge in [0.25, 0.3) is 0 Å². The first-order chi connectivity index (χ1) is 8.61. The van der Waals surface area contributed by atoms with E-state index in [1.807, 2.05) is 0 Å². The Bertz CT molecular complexity index is 579. The molecule has 2 aromatic rings. The van der Waals surface area contributed by atoms with Crippen molar-refractivity contribution in [1.29, 1.82) is 0 Å². The summed E-state index contributed by atoms with van der Waals surface area (Å²) in [6.45, 7) is 0. The number of carbonyl (C=O) groups is 1. The molecule has 18 heavy (non-hydrogen) atoms. The highest BCUT2D eigenvalue weighted by atomic mass is 35.5. The molecular formula is C14H10ClFO2. The van der Waals surface area contributed by atoms with E-state index in [4.69, 9.17) is 11.6 Å². The van der Waals surface area contributed by atoms with E-state index in [1.165, 1.54) is 13.2 Å². The standard InChI is InChI=1S/C14H10ClFO2/c1-18-14(17)10-4-2-9(3-5-10)12-7-6-11(15)8-13(12)16/h2-8H,1H3. The van der Waals surface area contributed by atoms with Gasteiger partial charge in [0.05, 0.1) is 12.7 Å². The summed E-state index contributed by atoms with van der Waals surface area (Å²) in [7, 11) is 1.31. The molecule has 0 fully saturated rings. The molecule has 4 heteroatoms. The van der Waals surface area contributed by atoms with Crippen molar-refractivity contribution < 1.29 is 13.9 Å². The number of methoxy groups -OCH3 is 1. The molecule has 0 radical (unpaired) electrons. The summed E-state index contributed by atoms with van der Waals surface area (Å²) in [5.41, 5.74) is 1.54. The Labute approximate surface area is 109 Å². The average molecular weight is 265 g/mol. The first-order valence-electron chi connectivity index (χ1n) is 5.25.